The van der Waals surface area contributed by atoms with Gasteiger partial charge in [-0.3, -0.25) is 0 Å². The van der Waals surface area contributed by atoms with Gasteiger partial charge in [0.05, 0.1) is 6.61 Å². The first-order valence-electron chi connectivity index (χ1n) is 6.42. The number of rotatable bonds is 3. The van der Waals surface area contributed by atoms with Crippen LogP contribution < -0.4 is 0 Å². The Bertz CT molecular complexity index is 524. The molecule has 1 N–H and O–H groups in total. The SMILES string of the molecule is Cc1ccc(CO)c(-c2ccc(C(C)C)cc2)c1. The summed E-state index contributed by atoms with van der Waals surface area (Å²) >= 11 is 0. The first kappa shape index (κ1) is 12.8. The van der Waals surface area contributed by atoms with Crippen LogP contribution in [0, 0.1) is 6.92 Å². The van der Waals surface area contributed by atoms with E-state index in [1.54, 1.807) is 0 Å². The van der Waals surface area contributed by atoms with Crippen LogP contribution in [0.5, 0.6) is 0 Å². The number of aryl methyl sites for hydroxylation is 1. The Morgan fingerprint density at radius 1 is 1.00 bits per heavy atom. The summed E-state index contributed by atoms with van der Waals surface area (Å²) in [5.41, 5.74) is 5.85. The molecule has 0 radical (unpaired) electrons. The molecule has 0 bridgehead atoms. The van der Waals surface area contributed by atoms with Gasteiger partial charge < -0.3 is 5.11 Å². The van der Waals surface area contributed by atoms with E-state index in [1.165, 1.54) is 16.7 Å². The minimum absolute atomic E-state index is 0.0849. The van der Waals surface area contributed by atoms with Crippen molar-refractivity contribution in [2.24, 2.45) is 0 Å². The van der Waals surface area contributed by atoms with Crippen molar-refractivity contribution in [1.82, 2.24) is 0 Å². The Hall–Kier alpha value is -1.60. The molecule has 0 fully saturated rings. The standard InChI is InChI=1S/C17H20O/c1-12(2)14-6-8-15(9-7-14)17-10-13(3)4-5-16(17)11-18/h4-10,12,18H,11H2,1-3H3. The lowest BCUT2D eigenvalue weighted by molar-refractivity contribution is 0.282. The highest BCUT2D eigenvalue weighted by atomic mass is 16.3. The largest absolute Gasteiger partial charge is 0.392 e. The van der Waals surface area contributed by atoms with Crippen molar-refractivity contribution in [3.05, 3.63) is 59.2 Å². The molecular weight excluding hydrogens is 220 g/mol. The van der Waals surface area contributed by atoms with Gasteiger partial charge in [-0.15, -0.1) is 0 Å². The molecule has 18 heavy (non-hydrogen) atoms. The average molecular weight is 240 g/mol. The number of aliphatic hydroxyl groups excluding tert-OH is 1. The lowest BCUT2D eigenvalue weighted by atomic mass is 9.95. The Kier molecular flexibility index (Phi) is 3.83. The summed E-state index contributed by atoms with van der Waals surface area (Å²) in [5.74, 6) is 0.550. The summed E-state index contributed by atoms with van der Waals surface area (Å²) in [5, 5.41) is 9.41. The Labute approximate surface area is 109 Å². The summed E-state index contributed by atoms with van der Waals surface area (Å²) < 4.78 is 0. The zero-order chi connectivity index (χ0) is 13.1. The third-order valence-corrected chi connectivity index (χ3v) is 3.32. The number of benzene rings is 2. The van der Waals surface area contributed by atoms with E-state index in [4.69, 9.17) is 0 Å². The lowest BCUT2D eigenvalue weighted by Crippen LogP contribution is -1.92. The molecule has 0 saturated carbocycles. The van der Waals surface area contributed by atoms with E-state index in [0.717, 1.165) is 11.1 Å². The highest BCUT2D eigenvalue weighted by Crippen LogP contribution is 2.26. The fourth-order valence-corrected chi connectivity index (χ4v) is 2.14. The summed E-state index contributed by atoms with van der Waals surface area (Å²) in [6.45, 7) is 6.55. The molecule has 0 aliphatic rings. The van der Waals surface area contributed by atoms with Gasteiger partial charge in [0.25, 0.3) is 0 Å². The van der Waals surface area contributed by atoms with E-state index < -0.39 is 0 Å². The maximum Gasteiger partial charge on any atom is 0.0687 e. The fourth-order valence-electron chi connectivity index (χ4n) is 2.14. The average Bonchev–Trinajstić information content (AvgIpc) is 2.39. The first-order valence-corrected chi connectivity index (χ1v) is 6.42. The van der Waals surface area contributed by atoms with Crippen molar-refractivity contribution < 1.29 is 5.11 Å². The highest BCUT2D eigenvalue weighted by molar-refractivity contribution is 5.68. The van der Waals surface area contributed by atoms with Crippen LogP contribution in [0.2, 0.25) is 0 Å². The van der Waals surface area contributed by atoms with Gasteiger partial charge in [-0.1, -0.05) is 61.9 Å². The van der Waals surface area contributed by atoms with Gasteiger partial charge in [-0.2, -0.15) is 0 Å². The van der Waals surface area contributed by atoms with Gasteiger partial charge in [-0.25, -0.2) is 0 Å². The van der Waals surface area contributed by atoms with Crippen LogP contribution in [0.4, 0.5) is 0 Å². The predicted molar refractivity (Wildman–Crippen MR) is 76.6 cm³/mol. The molecule has 94 valence electrons. The molecule has 2 rings (SSSR count). The van der Waals surface area contributed by atoms with Crippen molar-refractivity contribution in [3.8, 4) is 11.1 Å². The topological polar surface area (TPSA) is 20.2 Å². The molecule has 2 aromatic carbocycles. The number of aliphatic hydroxyl groups is 1. The summed E-state index contributed by atoms with van der Waals surface area (Å²) in [7, 11) is 0. The molecule has 0 amide bonds. The molecule has 0 aliphatic heterocycles. The fraction of sp³-hybridized carbons (Fsp3) is 0.294. The van der Waals surface area contributed by atoms with E-state index in [2.05, 4.69) is 51.1 Å². The first-order chi connectivity index (χ1) is 8.61. The van der Waals surface area contributed by atoms with E-state index >= 15 is 0 Å². The van der Waals surface area contributed by atoms with Gasteiger partial charge in [0.1, 0.15) is 0 Å². The molecule has 0 aliphatic carbocycles. The van der Waals surface area contributed by atoms with E-state index in [0.29, 0.717) is 5.92 Å². The molecule has 0 unspecified atom stereocenters. The van der Waals surface area contributed by atoms with E-state index in [-0.39, 0.29) is 6.61 Å². The second-order valence-electron chi connectivity index (χ2n) is 5.10. The zero-order valence-corrected chi connectivity index (χ0v) is 11.3. The monoisotopic (exact) mass is 240 g/mol. The van der Waals surface area contributed by atoms with Crippen LogP contribution >= 0.6 is 0 Å². The quantitative estimate of drug-likeness (QED) is 0.849. The van der Waals surface area contributed by atoms with Gasteiger partial charge in [0.15, 0.2) is 0 Å². The summed E-state index contributed by atoms with van der Waals surface area (Å²) in [6.07, 6.45) is 0. The van der Waals surface area contributed by atoms with Crippen LogP contribution in [0.1, 0.15) is 36.5 Å². The van der Waals surface area contributed by atoms with Crippen molar-refractivity contribution >= 4 is 0 Å². The second kappa shape index (κ2) is 5.36. The maximum absolute atomic E-state index is 9.41. The smallest absolute Gasteiger partial charge is 0.0687 e. The third-order valence-electron chi connectivity index (χ3n) is 3.32. The Balaban J connectivity index is 2.44. The lowest BCUT2D eigenvalue weighted by Gasteiger charge is -2.11. The van der Waals surface area contributed by atoms with Crippen LogP contribution in [-0.4, -0.2) is 5.11 Å². The normalized spacial score (nSPS) is 10.9. The molecule has 0 saturated heterocycles. The van der Waals surface area contributed by atoms with E-state index in [9.17, 15) is 5.11 Å². The Morgan fingerprint density at radius 3 is 2.22 bits per heavy atom. The van der Waals surface area contributed by atoms with Gasteiger partial charge >= 0.3 is 0 Å². The number of hydrogen-bond donors (Lipinski definition) is 1. The predicted octanol–water partition coefficient (Wildman–Crippen LogP) is 4.28. The molecule has 0 aromatic heterocycles. The van der Waals surface area contributed by atoms with E-state index in [1.807, 2.05) is 12.1 Å². The van der Waals surface area contributed by atoms with Crippen LogP contribution in [0.15, 0.2) is 42.5 Å². The summed E-state index contributed by atoms with van der Waals surface area (Å²) in [6, 6.07) is 14.8. The molecule has 0 atom stereocenters. The molecule has 0 spiro atoms. The molecule has 1 nitrogen and oxygen atoms in total. The molecule has 0 heterocycles. The Morgan fingerprint density at radius 2 is 1.67 bits per heavy atom. The minimum Gasteiger partial charge on any atom is -0.392 e. The number of hydrogen-bond acceptors (Lipinski definition) is 1. The third kappa shape index (κ3) is 2.62. The molecular formula is C17H20O. The van der Waals surface area contributed by atoms with Crippen molar-refractivity contribution in [2.75, 3.05) is 0 Å². The van der Waals surface area contributed by atoms with Crippen LogP contribution in [0.25, 0.3) is 11.1 Å². The van der Waals surface area contributed by atoms with Gasteiger partial charge in [0.2, 0.25) is 0 Å². The molecule has 2 aromatic rings. The second-order valence-corrected chi connectivity index (χ2v) is 5.10. The van der Waals surface area contributed by atoms with Crippen molar-refractivity contribution in [3.63, 3.8) is 0 Å². The highest BCUT2D eigenvalue weighted by Gasteiger charge is 2.06. The van der Waals surface area contributed by atoms with Gasteiger partial charge in [-0.05, 0) is 35.1 Å². The minimum atomic E-state index is 0.0849. The van der Waals surface area contributed by atoms with Crippen LogP contribution in [-0.2, 0) is 6.61 Å². The van der Waals surface area contributed by atoms with Crippen molar-refractivity contribution in [2.45, 2.75) is 33.3 Å². The van der Waals surface area contributed by atoms with Crippen molar-refractivity contribution in [1.29, 1.82) is 0 Å². The zero-order valence-electron chi connectivity index (χ0n) is 11.3. The van der Waals surface area contributed by atoms with Gasteiger partial charge in [0, 0.05) is 0 Å². The summed E-state index contributed by atoms with van der Waals surface area (Å²) in [4.78, 5) is 0. The molecule has 1 heteroatoms. The van der Waals surface area contributed by atoms with Crippen LogP contribution in [0.3, 0.4) is 0 Å². The maximum atomic E-state index is 9.41.